The first-order valence-corrected chi connectivity index (χ1v) is 9.20. The van der Waals surface area contributed by atoms with Crippen LogP contribution in [0.25, 0.3) is 0 Å². The van der Waals surface area contributed by atoms with E-state index >= 15 is 0 Å². The van der Waals surface area contributed by atoms with Gasteiger partial charge in [-0.3, -0.25) is 0 Å². The van der Waals surface area contributed by atoms with Gasteiger partial charge in [0.15, 0.2) is 0 Å². The standard InChI is InChI=1S/C19H30FN3O/c1-23(13-15-5-7-16(20)8-6-15)11-9-21-18-4-2-3-17(18)19-14-24-12-10-22-19/h5-8,17-19,21-22H,2-4,9-14H2,1H3. The second kappa shape index (κ2) is 8.90. The molecule has 1 aliphatic carbocycles. The fraction of sp³-hybridized carbons (Fsp3) is 0.684. The van der Waals surface area contributed by atoms with Crippen LogP contribution in [0.2, 0.25) is 0 Å². The summed E-state index contributed by atoms with van der Waals surface area (Å²) in [5.74, 6) is 0.517. The van der Waals surface area contributed by atoms with Gasteiger partial charge in [-0.2, -0.15) is 0 Å². The van der Waals surface area contributed by atoms with Crippen LogP contribution in [0.1, 0.15) is 24.8 Å². The summed E-state index contributed by atoms with van der Waals surface area (Å²) in [4.78, 5) is 2.28. The highest BCUT2D eigenvalue weighted by Crippen LogP contribution is 2.29. The van der Waals surface area contributed by atoms with Gasteiger partial charge in [0.1, 0.15) is 5.82 Å². The molecule has 3 rings (SSSR count). The van der Waals surface area contributed by atoms with Crippen molar-refractivity contribution >= 4 is 0 Å². The molecule has 1 heterocycles. The molecule has 1 aromatic carbocycles. The lowest BCUT2D eigenvalue weighted by Crippen LogP contribution is -2.51. The molecule has 2 aliphatic rings. The third kappa shape index (κ3) is 4.99. The molecule has 1 saturated carbocycles. The summed E-state index contributed by atoms with van der Waals surface area (Å²) in [6, 6.07) is 7.90. The average Bonchev–Trinajstić information content (AvgIpc) is 3.06. The van der Waals surface area contributed by atoms with Crippen LogP contribution < -0.4 is 10.6 Å². The maximum absolute atomic E-state index is 13.0. The Bertz CT molecular complexity index is 490. The molecular weight excluding hydrogens is 305 g/mol. The van der Waals surface area contributed by atoms with E-state index in [9.17, 15) is 4.39 Å². The minimum absolute atomic E-state index is 0.171. The first-order chi connectivity index (χ1) is 11.7. The van der Waals surface area contributed by atoms with E-state index in [-0.39, 0.29) is 5.82 Å². The molecule has 134 valence electrons. The molecule has 0 aromatic heterocycles. The quantitative estimate of drug-likeness (QED) is 0.799. The summed E-state index contributed by atoms with van der Waals surface area (Å²) >= 11 is 0. The Morgan fingerprint density at radius 3 is 2.88 bits per heavy atom. The van der Waals surface area contributed by atoms with Crippen molar-refractivity contribution < 1.29 is 9.13 Å². The van der Waals surface area contributed by atoms with Gasteiger partial charge in [-0.25, -0.2) is 4.39 Å². The second-order valence-corrected chi connectivity index (χ2v) is 7.16. The van der Waals surface area contributed by atoms with E-state index < -0.39 is 0 Å². The largest absolute Gasteiger partial charge is 0.379 e. The Labute approximate surface area is 144 Å². The van der Waals surface area contributed by atoms with Crippen molar-refractivity contribution in [1.29, 1.82) is 0 Å². The highest BCUT2D eigenvalue weighted by Gasteiger charge is 2.34. The zero-order valence-corrected chi connectivity index (χ0v) is 14.6. The van der Waals surface area contributed by atoms with Gasteiger partial charge in [-0.05, 0) is 43.5 Å². The van der Waals surface area contributed by atoms with Crippen molar-refractivity contribution in [3.63, 3.8) is 0 Å². The van der Waals surface area contributed by atoms with Crippen molar-refractivity contribution in [1.82, 2.24) is 15.5 Å². The van der Waals surface area contributed by atoms with E-state index in [2.05, 4.69) is 22.6 Å². The van der Waals surface area contributed by atoms with Gasteiger partial charge in [-0.1, -0.05) is 18.6 Å². The summed E-state index contributed by atoms with van der Waals surface area (Å²) in [5, 5.41) is 7.38. The SMILES string of the molecule is CN(CCNC1CCCC1C1COCCN1)Cc1ccc(F)cc1. The van der Waals surface area contributed by atoms with Gasteiger partial charge in [0, 0.05) is 38.3 Å². The van der Waals surface area contributed by atoms with Gasteiger partial charge in [0.25, 0.3) is 0 Å². The zero-order chi connectivity index (χ0) is 16.8. The van der Waals surface area contributed by atoms with Crippen LogP contribution in [0.15, 0.2) is 24.3 Å². The molecule has 3 atom stereocenters. The third-order valence-electron chi connectivity index (χ3n) is 5.30. The first kappa shape index (κ1) is 17.8. The highest BCUT2D eigenvalue weighted by atomic mass is 19.1. The van der Waals surface area contributed by atoms with E-state index in [0.717, 1.165) is 45.0 Å². The number of morpholine rings is 1. The van der Waals surface area contributed by atoms with E-state index in [1.807, 2.05) is 12.1 Å². The topological polar surface area (TPSA) is 36.5 Å². The minimum Gasteiger partial charge on any atom is -0.379 e. The predicted molar refractivity (Wildman–Crippen MR) is 94.5 cm³/mol. The van der Waals surface area contributed by atoms with Gasteiger partial charge >= 0.3 is 0 Å². The number of hydrogen-bond acceptors (Lipinski definition) is 4. The van der Waals surface area contributed by atoms with Crippen LogP contribution in [0.5, 0.6) is 0 Å². The molecule has 0 spiro atoms. The highest BCUT2D eigenvalue weighted by molar-refractivity contribution is 5.15. The Morgan fingerprint density at radius 2 is 2.12 bits per heavy atom. The van der Waals surface area contributed by atoms with E-state index in [0.29, 0.717) is 18.0 Å². The summed E-state index contributed by atoms with van der Waals surface area (Å²) in [7, 11) is 2.12. The lowest BCUT2D eigenvalue weighted by molar-refractivity contribution is 0.0524. The summed E-state index contributed by atoms with van der Waals surface area (Å²) in [6.07, 6.45) is 3.88. The van der Waals surface area contributed by atoms with Gasteiger partial charge in [0.2, 0.25) is 0 Å². The molecule has 0 bridgehead atoms. The van der Waals surface area contributed by atoms with E-state index in [1.54, 1.807) is 0 Å². The Hall–Kier alpha value is -1.01. The molecule has 1 aliphatic heterocycles. The van der Waals surface area contributed by atoms with E-state index in [4.69, 9.17) is 4.74 Å². The first-order valence-electron chi connectivity index (χ1n) is 9.20. The summed E-state index contributed by atoms with van der Waals surface area (Å²) in [5.41, 5.74) is 1.15. The van der Waals surface area contributed by atoms with Gasteiger partial charge < -0.3 is 20.3 Å². The molecule has 1 saturated heterocycles. The molecule has 4 nitrogen and oxygen atoms in total. The van der Waals surface area contributed by atoms with Crippen LogP contribution in [-0.2, 0) is 11.3 Å². The van der Waals surface area contributed by atoms with Crippen LogP contribution >= 0.6 is 0 Å². The maximum atomic E-state index is 13.0. The monoisotopic (exact) mass is 335 g/mol. The molecule has 24 heavy (non-hydrogen) atoms. The van der Waals surface area contributed by atoms with Crippen molar-refractivity contribution in [2.75, 3.05) is 39.9 Å². The summed E-state index contributed by atoms with van der Waals surface area (Å²) in [6.45, 7) is 5.52. The third-order valence-corrected chi connectivity index (χ3v) is 5.30. The Morgan fingerprint density at radius 1 is 1.29 bits per heavy atom. The number of nitrogens with zero attached hydrogens (tertiary/aromatic N) is 1. The molecule has 5 heteroatoms. The summed E-state index contributed by atoms with van der Waals surface area (Å²) < 4.78 is 18.6. The lowest BCUT2D eigenvalue weighted by atomic mass is 9.94. The molecule has 2 N–H and O–H groups in total. The molecule has 2 fully saturated rings. The molecule has 3 unspecified atom stereocenters. The van der Waals surface area contributed by atoms with Gasteiger partial charge in [0.05, 0.1) is 13.2 Å². The Balaban J connectivity index is 1.39. The molecule has 0 radical (unpaired) electrons. The average molecular weight is 335 g/mol. The van der Waals surface area contributed by atoms with Crippen LogP contribution in [0.4, 0.5) is 4.39 Å². The van der Waals surface area contributed by atoms with Gasteiger partial charge in [-0.15, -0.1) is 0 Å². The maximum Gasteiger partial charge on any atom is 0.123 e. The van der Waals surface area contributed by atoms with Crippen LogP contribution in [0, 0.1) is 11.7 Å². The van der Waals surface area contributed by atoms with Crippen LogP contribution in [0.3, 0.4) is 0 Å². The lowest BCUT2D eigenvalue weighted by Gasteiger charge is -2.33. The van der Waals surface area contributed by atoms with Crippen molar-refractivity contribution in [2.45, 2.75) is 37.9 Å². The number of halogens is 1. The fourth-order valence-corrected chi connectivity index (χ4v) is 4.01. The number of hydrogen-bond donors (Lipinski definition) is 2. The molecule has 1 aromatic rings. The molecular formula is C19H30FN3O. The normalized spacial score (nSPS) is 27.7. The van der Waals surface area contributed by atoms with Crippen molar-refractivity contribution in [2.24, 2.45) is 5.92 Å². The zero-order valence-electron chi connectivity index (χ0n) is 14.6. The van der Waals surface area contributed by atoms with Crippen LogP contribution in [-0.4, -0.2) is 56.9 Å². The number of benzene rings is 1. The number of rotatable bonds is 7. The smallest absolute Gasteiger partial charge is 0.123 e. The van der Waals surface area contributed by atoms with E-state index in [1.165, 1.54) is 31.4 Å². The Kier molecular flexibility index (Phi) is 6.60. The minimum atomic E-state index is -0.171. The van der Waals surface area contributed by atoms with Crippen molar-refractivity contribution in [3.8, 4) is 0 Å². The second-order valence-electron chi connectivity index (χ2n) is 7.16. The van der Waals surface area contributed by atoms with Crippen molar-refractivity contribution in [3.05, 3.63) is 35.6 Å². The molecule has 0 amide bonds. The number of nitrogens with one attached hydrogen (secondary N) is 2. The number of ether oxygens (including phenoxy) is 1. The predicted octanol–water partition coefficient (Wildman–Crippen LogP) is 2.00. The fourth-order valence-electron chi connectivity index (χ4n) is 4.01. The number of likely N-dealkylation sites (N-methyl/N-ethyl adjacent to an activating group) is 1.